The Bertz CT molecular complexity index is 1860. The Morgan fingerprint density at radius 1 is 1.16 bits per heavy atom. The first-order valence-electron chi connectivity index (χ1n) is 13.3. The van der Waals surface area contributed by atoms with Crippen molar-refractivity contribution in [3.63, 3.8) is 0 Å². The van der Waals surface area contributed by atoms with Gasteiger partial charge in [0, 0.05) is 30.9 Å². The number of para-hydroxylation sites is 1. The van der Waals surface area contributed by atoms with E-state index in [0.717, 1.165) is 0 Å². The van der Waals surface area contributed by atoms with Gasteiger partial charge in [-0.15, -0.1) is 5.10 Å². The molecule has 0 radical (unpaired) electrons. The number of anilines is 2. The van der Waals surface area contributed by atoms with Crippen molar-refractivity contribution in [3.8, 4) is 11.4 Å². The lowest BCUT2D eigenvalue weighted by Crippen LogP contribution is -2.63. The second kappa shape index (κ2) is 11.1. The molecule has 1 unspecified atom stereocenters. The molecule has 2 amide bonds. The fraction of sp³-hybridized carbons (Fsp3) is 0.207. The number of hydrogen-bond acceptors (Lipinski definition) is 10. The largest absolute Gasteiger partial charge is 0.507 e. The number of aliphatic hydroxyl groups is 1. The summed E-state index contributed by atoms with van der Waals surface area (Å²) < 4.78 is 12.6. The number of nitrogen functional groups attached to an aromatic ring is 1. The second-order valence-corrected chi connectivity index (χ2v) is 10.1. The summed E-state index contributed by atoms with van der Waals surface area (Å²) in [4.78, 5) is 42.3. The van der Waals surface area contributed by atoms with E-state index in [1.807, 2.05) is 0 Å². The number of amides is 2. The van der Waals surface area contributed by atoms with Crippen LogP contribution in [0.3, 0.4) is 0 Å². The van der Waals surface area contributed by atoms with Crippen molar-refractivity contribution >= 4 is 34.4 Å². The minimum Gasteiger partial charge on any atom is -0.507 e. The van der Waals surface area contributed by atoms with Gasteiger partial charge in [0.15, 0.2) is 23.3 Å². The van der Waals surface area contributed by atoms with Gasteiger partial charge in [-0.1, -0.05) is 23.4 Å². The lowest BCUT2D eigenvalue weighted by atomic mass is 9.86. The first-order chi connectivity index (χ1) is 20.7. The SMILES string of the molecule is Nc1noc2cc(CC(O)(CNC(=O)c3ccccc3O)[C@H]3OCCN(c4ccn(-c5ccc(=O)[nH]c5)n4)C3=O)ccc12. The van der Waals surface area contributed by atoms with Crippen LogP contribution in [-0.2, 0) is 16.0 Å². The van der Waals surface area contributed by atoms with E-state index in [4.69, 9.17) is 15.0 Å². The number of H-pyrrole nitrogens is 1. The number of fused-ring (bicyclic) bond motifs is 1. The minimum atomic E-state index is -1.95. The number of ether oxygens (including phenoxy) is 1. The van der Waals surface area contributed by atoms with Gasteiger partial charge >= 0.3 is 0 Å². The minimum absolute atomic E-state index is 0.00807. The van der Waals surface area contributed by atoms with Crippen LogP contribution in [-0.4, -0.2) is 73.3 Å². The van der Waals surface area contributed by atoms with Crippen LogP contribution in [0, 0.1) is 0 Å². The number of aromatic nitrogens is 4. The van der Waals surface area contributed by atoms with Gasteiger partial charge in [-0.2, -0.15) is 0 Å². The Balaban J connectivity index is 1.29. The molecule has 0 aliphatic carbocycles. The summed E-state index contributed by atoms with van der Waals surface area (Å²) in [5.74, 6) is -0.915. The van der Waals surface area contributed by atoms with Crippen LogP contribution in [0.5, 0.6) is 5.75 Å². The predicted octanol–water partition coefficient (Wildman–Crippen LogP) is 1.13. The molecule has 220 valence electrons. The molecule has 0 bridgehead atoms. The van der Waals surface area contributed by atoms with E-state index in [1.165, 1.54) is 34.0 Å². The van der Waals surface area contributed by atoms with Gasteiger partial charge in [-0.05, 0) is 35.9 Å². The maximum absolute atomic E-state index is 13.9. The van der Waals surface area contributed by atoms with Crippen LogP contribution in [0.4, 0.5) is 11.6 Å². The number of nitrogens with one attached hydrogen (secondary N) is 2. The summed E-state index contributed by atoms with van der Waals surface area (Å²) >= 11 is 0. The maximum Gasteiger partial charge on any atom is 0.260 e. The number of phenols is 1. The van der Waals surface area contributed by atoms with Crippen molar-refractivity contribution in [2.45, 2.75) is 18.1 Å². The molecule has 4 heterocycles. The number of phenolic OH excluding ortho intramolecular Hbond substituents is 1. The number of pyridine rings is 1. The van der Waals surface area contributed by atoms with E-state index in [1.54, 1.807) is 48.7 Å². The molecule has 0 spiro atoms. The first kappa shape index (κ1) is 27.7. The quantitative estimate of drug-likeness (QED) is 0.176. The lowest BCUT2D eigenvalue weighted by Gasteiger charge is -2.40. The van der Waals surface area contributed by atoms with Gasteiger partial charge in [-0.3, -0.25) is 19.3 Å². The zero-order valence-electron chi connectivity index (χ0n) is 22.6. The van der Waals surface area contributed by atoms with E-state index < -0.39 is 30.1 Å². The summed E-state index contributed by atoms with van der Waals surface area (Å²) in [5, 5.41) is 33.7. The molecule has 6 rings (SSSR count). The summed E-state index contributed by atoms with van der Waals surface area (Å²) in [5.41, 5.74) is 5.17. The smallest absolute Gasteiger partial charge is 0.260 e. The van der Waals surface area contributed by atoms with Crippen molar-refractivity contribution in [2.75, 3.05) is 30.3 Å². The summed E-state index contributed by atoms with van der Waals surface area (Å²) in [6, 6.07) is 15.6. The average molecular weight is 586 g/mol. The molecule has 1 fully saturated rings. The van der Waals surface area contributed by atoms with Crippen LogP contribution in [0.25, 0.3) is 16.7 Å². The van der Waals surface area contributed by atoms with E-state index >= 15 is 0 Å². The van der Waals surface area contributed by atoms with E-state index in [-0.39, 0.29) is 42.3 Å². The Hall–Kier alpha value is -5.47. The molecule has 2 atom stereocenters. The number of rotatable bonds is 8. The van der Waals surface area contributed by atoms with Crippen molar-refractivity contribution in [1.29, 1.82) is 0 Å². The fourth-order valence-corrected chi connectivity index (χ4v) is 5.05. The van der Waals surface area contributed by atoms with Crippen molar-refractivity contribution in [2.24, 2.45) is 0 Å². The molecule has 5 aromatic rings. The molecule has 1 aliphatic heterocycles. The van der Waals surface area contributed by atoms with Crippen LogP contribution in [0.2, 0.25) is 0 Å². The summed E-state index contributed by atoms with van der Waals surface area (Å²) in [7, 11) is 0. The van der Waals surface area contributed by atoms with Crippen LogP contribution >= 0.6 is 0 Å². The maximum atomic E-state index is 13.9. The first-order valence-corrected chi connectivity index (χ1v) is 13.3. The van der Waals surface area contributed by atoms with E-state index in [9.17, 15) is 24.6 Å². The molecule has 43 heavy (non-hydrogen) atoms. The molecular weight excluding hydrogens is 558 g/mol. The number of benzene rings is 2. The number of nitrogens with zero attached hydrogens (tertiary/aromatic N) is 4. The van der Waals surface area contributed by atoms with Gasteiger partial charge < -0.3 is 35.5 Å². The third kappa shape index (κ3) is 5.43. The standard InChI is InChI=1S/C29H27N7O7/c30-26-20-7-5-17(13-22(20)43-34-26)14-29(41,16-32-27(39)19-3-1-2-4-21(19)37)25-28(40)35(11-12-42-25)23-9-10-36(33-23)18-6-8-24(38)31-15-18/h1-10,13,15,25,37,41H,11-12,14,16H2,(H2,30,34)(H,31,38)(H,32,39)/t25-,29?/m0/s1. The van der Waals surface area contributed by atoms with Gasteiger partial charge in [0.1, 0.15) is 11.4 Å². The number of aromatic amines is 1. The molecule has 14 nitrogen and oxygen atoms in total. The van der Waals surface area contributed by atoms with Gasteiger partial charge in [0.2, 0.25) is 5.56 Å². The number of hydrogen-bond donors (Lipinski definition) is 5. The number of carbonyl (C=O) groups is 2. The highest BCUT2D eigenvalue weighted by molar-refractivity contribution is 5.98. The number of carbonyl (C=O) groups excluding carboxylic acids is 2. The van der Waals surface area contributed by atoms with Crippen LogP contribution < -0.4 is 21.5 Å². The zero-order chi connectivity index (χ0) is 30.1. The fourth-order valence-electron chi connectivity index (χ4n) is 5.05. The molecule has 1 aliphatic rings. The highest BCUT2D eigenvalue weighted by Gasteiger charge is 2.47. The lowest BCUT2D eigenvalue weighted by molar-refractivity contribution is -0.157. The molecule has 0 saturated carbocycles. The highest BCUT2D eigenvalue weighted by Crippen LogP contribution is 2.29. The van der Waals surface area contributed by atoms with Crippen LogP contribution in [0.1, 0.15) is 15.9 Å². The van der Waals surface area contributed by atoms with Crippen LogP contribution in [0.15, 0.2) is 82.4 Å². The monoisotopic (exact) mass is 585 g/mol. The number of nitrogens with two attached hydrogens (primary N) is 1. The average Bonchev–Trinajstić information content (AvgIpc) is 3.64. The van der Waals surface area contributed by atoms with Crippen molar-refractivity contribution in [1.82, 2.24) is 25.2 Å². The van der Waals surface area contributed by atoms with E-state index in [0.29, 0.717) is 28.0 Å². The zero-order valence-corrected chi connectivity index (χ0v) is 22.6. The Morgan fingerprint density at radius 2 is 2.00 bits per heavy atom. The summed E-state index contributed by atoms with van der Waals surface area (Å²) in [6.45, 7) is -0.149. The predicted molar refractivity (Wildman–Crippen MR) is 154 cm³/mol. The Labute approximate surface area is 243 Å². The third-order valence-corrected chi connectivity index (χ3v) is 7.24. The Kier molecular flexibility index (Phi) is 7.13. The molecule has 1 saturated heterocycles. The van der Waals surface area contributed by atoms with Gasteiger partial charge in [0.25, 0.3) is 11.8 Å². The van der Waals surface area contributed by atoms with E-state index in [2.05, 4.69) is 20.6 Å². The Morgan fingerprint density at radius 3 is 2.79 bits per heavy atom. The van der Waals surface area contributed by atoms with Gasteiger partial charge in [0.05, 0.1) is 36.3 Å². The normalized spacial score (nSPS) is 16.7. The van der Waals surface area contributed by atoms with Crippen molar-refractivity contribution < 1.29 is 29.1 Å². The summed E-state index contributed by atoms with van der Waals surface area (Å²) in [6.07, 6.45) is 1.60. The molecule has 2 aromatic carbocycles. The van der Waals surface area contributed by atoms with Gasteiger partial charge in [-0.25, -0.2) is 4.68 Å². The molecular formula is C29H27N7O7. The second-order valence-electron chi connectivity index (χ2n) is 10.1. The molecule has 3 aromatic heterocycles. The highest BCUT2D eigenvalue weighted by atomic mass is 16.5. The molecule has 14 heteroatoms. The third-order valence-electron chi connectivity index (χ3n) is 7.24. The topological polar surface area (TPSA) is 202 Å². The number of morpholine rings is 1. The molecule has 6 N–H and O–H groups in total. The van der Waals surface area contributed by atoms with Crippen molar-refractivity contribution in [3.05, 3.63) is 94.5 Å². The number of aromatic hydroxyl groups is 1.